The summed E-state index contributed by atoms with van der Waals surface area (Å²) in [6, 6.07) is 8.86. The van der Waals surface area contributed by atoms with E-state index in [-0.39, 0.29) is 12.1 Å². The molecule has 2 N–H and O–H groups in total. The van der Waals surface area contributed by atoms with Crippen molar-refractivity contribution in [2.24, 2.45) is 0 Å². The number of aromatic nitrogens is 1. The number of nitriles is 1. The molecule has 1 unspecified atom stereocenters. The number of nitrogens with one attached hydrogen (secondary N) is 2. The Bertz CT molecular complexity index is 657. The quantitative estimate of drug-likeness (QED) is 0.911. The Labute approximate surface area is 127 Å². The van der Waals surface area contributed by atoms with Crippen LogP contribution in [0.4, 0.5) is 4.79 Å². The highest BCUT2D eigenvalue weighted by Gasteiger charge is 2.09. The minimum atomic E-state index is -0.238. The van der Waals surface area contributed by atoms with E-state index in [1.807, 2.05) is 31.4 Å². The molecular weight excluding hydrogens is 284 g/mol. The van der Waals surface area contributed by atoms with Crippen LogP contribution in [-0.2, 0) is 6.54 Å². The fourth-order valence-electron chi connectivity index (χ4n) is 1.84. The van der Waals surface area contributed by atoms with E-state index in [0.717, 1.165) is 16.3 Å². The summed E-state index contributed by atoms with van der Waals surface area (Å²) >= 11 is 1.56. The standard InChI is InChI=1S/C15H16N4OS/c1-10(13-5-3-12(7-16)4-6-13)18-15(20)17-8-14-9-21-11(2)19-14/h3-6,9-10H,8H2,1-2H3,(H2,17,18,20). The molecule has 1 aromatic carbocycles. The summed E-state index contributed by atoms with van der Waals surface area (Å²) in [6.07, 6.45) is 0. The third kappa shape index (κ3) is 4.29. The summed E-state index contributed by atoms with van der Waals surface area (Å²) in [6.45, 7) is 4.24. The van der Waals surface area contributed by atoms with Crippen LogP contribution in [0.25, 0.3) is 0 Å². The number of amides is 2. The van der Waals surface area contributed by atoms with Gasteiger partial charge < -0.3 is 10.6 Å². The Morgan fingerprint density at radius 3 is 2.71 bits per heavy atom. The molecule has 0 spiro atoms. The zero-order valence-electron chi connectivity index (χ0n) is 11.9. The van der Waals surface area contributed by atoms with E-state index in [9.17, 15) is 4.79 Å². The molecule has 2 amide bonds. The molecule has 1 heterocycles. The minimum Gasteiger partial charge on any atom is -0.332 e. The fraction of sp³-hybridized carbons (Fsp3) is 0.267. The van der Waals surface area contributed by atoms with Crippen molar-refractivity contribution in [2.45, 2.75) is 26.4 Å². The van der Waals surface area contributed by atoms with Gasteiger partial charge in [0, 0.05) is 5.38 Å². The van der Waals surface area contributed by atoms with Gasteiger partial charge in [-0.1, -0.05) is 12.1 Å². The van der Waals surface area contributed by atoms with Gasteiger partial charge >= 0.3 is 6.03 Å². The molecule has 2 rings (SSSR count). The lowest BCUT2D eigenvalue weighted by Crippen LogP contribution is -2.36. The molecule has 0 aliphatic heterocycles. The summed E-state index contributed by atoms with van der Waals surface area (Å²) in [5.74, 6) is 0. The predicted octanol–water partition coefficient (Wildman–Crippen LogP) is 2.88. The third-order valence-electron chi connectivity index (χ3n) is 2.98. The second-order valence-corrected chi connectivity index (χ2v) is 5.70. The van der Waals surface area contributed by atoms with Crippen molar-refractivity contribution in [3.05, 3.63) is 51.5 Å². The van der Waals surface area contributed by atoms with Crippen molar-refractivity contribution in [3.63, 3.8) is 0 Å². The van der Waals surface area contributed by atoms with E-state index in [2.05, 4.69) is 21.7 Å². The van der Waals surface area contributed by atoms with Gasteiger partial charge in [0.2, 0.25) is 0 Å². The van der Waals surface area contributed by atoms with E-state index in [1.54, 1.807) is 23.5 Å². The minimum absolute atomic E-state index is 0.130. The van der Waals surface area contributed by atoms with Crippen molar-refractivity contribution < 1.29 is 4.79 Å². The molecule has 5 nitrogen and oxygen atoms in total. The van der Waals surface area contributed by atoms with Crippen LogP contribution in [0.2, 0.25) is 0 Å². The predicted molar refractivity (Wildman–Crippen MR) is 81.8 cm³/mol. The van der Waals surface area contributed by atoms with Crippen LogP contribution in [0.15, 0.2) is 29.6 Å². The summed E-state index contributed by atoms with van der Waals surface area (Å²) in [5.41, 5.74) is 2.42. The molecule has 2 aromatic rings. The highest BCUT2D eigenvalue weighted by molar-refractivity contribution is 7.09. The lowest BCUT2D eigenvalue weighted by Gasteiger charge is -2.14. The average Bonchev–Trinajstić information content (AvgIpc) is 2.91. The highest BCUT2D eigenvalue weighted by atomic mass is 32.1. The van der Waals surface area contributed by atoms with Gasteiger partial charge in [-0.15, -0.1) is 11.3 Å². The molecule has 0 aliphatic carbocycles. The zero-order chi connectivity index (χ0) is 15.2. The van der Waals surface area contributed by atoms with Crippen molar-refractivity contribution in [1.29, 1.82) is 5.26 Å². The Balaban J connectivity index is 1.85. The van der Waals surface area contributed by atoms with Crippen LogP contribution in [0.1, 0.15) is 34.8 Å². The zero-order valence-corrected chi connectivity index (χ0v) is 12.7. The van der Waals surface area contributed by atoms with Crippen molar-refractivity contribution >= 4 is 17.4 Å². The smallest absolute Gasteiger partial charge is 0.315 e. The molecule has 0 fully saturated rings. The molecule has 6 heteroatoms. The summed E-state index contributed by atoms with van der Waals surface area (Å²) < 4.78 is 0. The second kappa shape index (κ2) is 6.86. The van der Waals surface area contributed by atoms with E-state index in [0.29, 0.717) is 12.1 Å². The SMILES string of the molecule is Cc1nc(CNC(=O)NC(C)c2ccc(C#N)cc2)cs1. The summed E-state index contributed by atoms with van der Waals surface area (Å²) in [5, 5.41) is 17.3. The van der Waals surface area contributed by atoms with Gasteiger partial charge in [0.05, 0.1) is 34.9 Å². The number of hydrogen-bond donors (Lipinski definition) is 2. The Morgan fingerprint density at radius 1 is 1.43 bits per heavy atom. The molecule has 21 heavy (non-hydrogen) atoms. The first-order chi connectivity index (χ1) is 10.1. The molecule has 1 atom stereocenters. The van der Waals surface area contributed by atoms with Crippen molar-refractivity contribution in [3.8, 4) is 6.07 Å². The van der Waals surface area contributed by atoms with Crippen molar-refractivity contribution in [1.82, 2.24) is 15.6 Å². The molecule has 0 radical (unpaired) electrons. The molecule has 108 valence electrons. The monoisotopic (exact) mass is 300 g/mol. The number of aryl methyl sites for hydroxylation is 1. The van der Waals surface area contributed by atoms with Gasteiger partial charge in [-0.3, -0.25) is 0 Å². The van der Waals surface area contributed by atoms with E-state index in [1.165, 1.54) is 0 Å². The Morgan fingerprint density at radius 2 is 2.14 bits per heavy atom. The number of thiazole rings is 1. The summed E-state index contributed by atoms with van der Waals surface area (Å²) in [4.78, 5) is 16.1. The molecule has 0 aliphatic rings. The molecule has 0 saturated heterocycles. The van der Waals surface area contributed by atoms with Crippen LogP contribution >= 0.6 is 11.3 Å². The van der Waals surface area contributed by atoms with E-state index in [4.69, 9.17) is 5.26 Å². The number of urea groups is 1. The van der Waals surface area contributed by atoms with Gasteiger partial charge in [0.25, 0.3) is 0 Å². The Kier molecular flexibility index (Phi) is 4.90. The second-order valence-electron chi connectivity index (χ2n) is 4.64. The van der Waals surface area contributed by atoms with E-state index < -0.39 is 0 Å². The first-order valence-corrected chi connectivity index (χ1v) is 7.42. The average molecular weight is 300 g/mol. The number of carbonyl (C=O) groups is 1. The maximum Gasteiger partial charge on any atom is 0.315 e. The fourth-order valence-corrected chi connectivity index (χ4v) is 2.45. The third-order valence-corrected chi connectivity index (χ3v) is 3.81. The maximum atomic E-state index is 11.8. The lowest BCUT2D eigenvalue weighted by atomic mass is 10.1. The van der Waals surface area contributed by atoms with Gasteiger partial charge in [-0.05, 0) is 31.5 Å². The number of rotatable bonds is 4. The van der Waals surface area contributed by atoms with Crippen molar-refractivity contribution in [2.75, 3.05) is 0 Å². The molecular formula is C15H16N4OS. The lowest BCUT2D eigenvalue weighted by molar-refractivity contribution is 0.237. The van der Waals surface area contributed by atoms with Crippen LogP contribution in [-0.4, -0.2) is 11.0 Å². The number of benzene rings is 1. The van der Waals surface area contributed by atoms with Crippen LogP contribution in [0.5, 0.6) is 0 Å². The van der Waals surface area contributed by atoms with Crippen LogP contribution < -0.4 is 10.6 Å². The number of carbonyl (C=O) groups excluding carboxylic acids is 1. The van der Waals surface area contributed by atoms with Gasteiger partial charge in [0.15, 0.2) is 0 Å². The van der Waals surface area contributed by atoms with Crippen LogP contribution in [0.3, 0.4) is 0 Å². The highest BCUT2D eigenvalue weighted by Crippen LogP contribution is 2.13. The van der Waals surface area contributed by atoms with Crippen LogP contribution in [0, 0.1) is 18.3 Å². The molecule has 1 aromatic heterocycles. The molecule has 0 bridgehead atoms. The normalized spacial score (nSPS) is 11.5. The van der Waals surface area contributed by atoms with Gasteiger partial charge in [-0.25, -0.2) is 9.78 Å². The van der Waals surface area contributed by atoms with E-state index >= 15 is 0 Å². The topological polar surface area (TPSA) is 77.8 Å². The number of hydrogen-bond acceptors (Lipinski definition) is 4. The maximum absolute atomic E-state index is 11.8. The molecule has 0 saturated carbocycles. The van der Waals surface area contributed by atoms with Gasteiger partial charge in [-0.2, -0.15) is 5.26 Å². The first kappa shape index (κ1) is 15.0. The number of nitrogens with zero attached hydrogens (tertiary/aromatic N) is 2. The largest absolute Gasteiger partial charge is 0.332 e. The summed E-state index contributed by atoms with van der Waals surface area (Å²) in [7, 11) is 0. The first-order valence-electron chi connectivity index (χ1n) is 6.54. The van der Waals surface area contributed by atoms with Gasteiger partial charge in [0.1, 0.15) is 0 Å². The Hall–Kier alpha value is -2.39.